The third-order valence-electron chi connectivity index (χ3n) is 4.06. The quantitative estimate of drug-likeness (QED) is 0.943. The van der Waals surface area contributed by atoms with E-state index in [1.54, 1.807) is 12.1 Å². The zero-order valence-corrected chi connectivity index (χ0v) is 12.1. The van der Waals surface area contributed by atoms with Gasteiger partial charge in [-0.15, -0.1) is 0 Å². The fourth-order valence-electron chi connectivity index (χ4n) is 2.98. The van der Waals surface area contributed by atoms with Crippen molar-refractivity contribution in [3.63, 3.8) is 0 Å². The van der Waals surface area contributed by atoms with Crippen LogP contribution in [0, 0.1) is 5.82 Å². The highest BCUT2D eigenvalue weighted by molar-refractivity contribution is 7.99. The molecule has 4 rings (SSSR count). The maximum atomic E-state index is 13.4. The molecule has 0 bridgehead atoms. The van der Waals surface area contributed by atoms with Crippen LogP contribution in [0.15, 0.2) is 18.2 Å². The lowest BCUT2D eigenvalue weighted by atomic mass is 10.2. The molecule has 1 aliphatic carbocycles. The van der Waals surface area contributed by atoms with Crippen molar-refractivity contribution >= 4 is 22.8 Å². The normalized spacial score (nSPS) is 23.4. The van der Waals surface area contributed by atoms with Crippen LogP contribution in [0.4, 0.5) is 4.39 Å². The maximum Gasteiger partial charge on any atom is 0.125 e. The molecule has 5 heteroatoms. The lowest BCUT2D eigenvalue weighted by molar-refractivity contribution is 0.535. The summed E-state index contributed by atoms with van der Waals surface area (Å²) >= 11 is 2.00. The summed E-state index contributed by atoms with van der Waals surface area (Å²) in [4.78, 5) is 4.70. The first-order valence-electron chi connectivity index (χ1n) is 7.29. The Bertz CT molecular complexity index is 629. The molecule has 1 aliphatic heterocycles. The van der Waals surface area contributed by atoms with Crippen LogP contribution in [0.2, 0.25) is 0 Å². The minimum absolute atomic E-state index is 0.198. The van der Waals surface area contributed by atoms with E-state index in [-0.39, 0.29) is 5.82 Å². The first-order valence-corrected chi connectivity index (χ1v) is 8.44. The number of aromatic nitrogens is 2. The molecule has 1 N–H and O–H groups in total. The van der Waals surface area contributed by atoms with Crippen LogP contribution in [-0.4, -0.2) is 33.6 Å². The van der Waals surface area contributed by atoms with E-state index in [4.69, 9.17) is 4.98 Å². The second-order valence-corrected chi connectivity index (χ2v) is 6.84. The second kappa shape index (κ2) is 5.04. The molecule has 1 atom stereocenters. The van der Waals surface area contributed by atoms with Crippen molar-refractivity contribution in [3.05, 3.63) is 29.8 Å². The van der Waals surface area contributed by atoms with Crippen LogP contribution in [0.1, 0.15) is 24.7 Å². The Hall–Kier alpha value is -1.07. The topological polar surface area (TPSA) is 29.9 Å². The Morgan fingerprint density at radius 3 is 3.05 bits per heavy atom. The molecule has 2 aromatic rings. The molecule has 2 aliphatic rings. The summed E-state index contributed by atoms with van der Waals surface area (Å²) in [7, 11) is 0. The predicted molar refractivity (Wildman–Crippen MR) is 80.8 cm³/mol. The first kappa shape index (κ1) is 12.7. The van der Waals surface area contributed by atoms with Crippen molar-refractivity contribution in [2.24, 2.45) is 0 Å². The molecule has 2 heterocycles. The number of thioether (sulfide) groups is 1. The van der Waals surface area contributed by atoms with E-state index in [1.165, 1.54) is 18.6 Å². The van der Waals surface area contributed by atoms with Crippen LogP contribution in [0.5, 0.6) is 0 Å². The van der Waals surface area contributed by atoms with E-state index in [9.17, 15) is 4.39 Å². The van der Waals surface area contributed by atoms with Crippen molar-refractivity contribution in [3.8, 4) is 0 Å². The standard InChI is InChI=1S/C15H18FN3S/c16-10-1-4-14-13(7-10)18-15(19(14)12-2-3-12)8-11-9-20-6-5-17-11/h1,4,7,11-12,17H,2-3,5-6,8-9H2. The van der Waals surface area contributed by atoms with Gasteiger partial charge >= 0.3 is 0 Å². The highest BCUT2D eigenvalue weighted by Gasteiger charge is 2.29. The van der Waals surface area contributed by atoms with Crippen LogP contribution < -0.4 is 5.32 Å². The zero-order valence-electron chi connectivity index (χ0n) is 11.3. The van der Waals surface area contributed by atoms with Gasteiger partial charge in [0, 0.05) is 42.6 Å². The van der Waals surface area contributed by atoms with Crippen molar-refractivity contribution in [1.29, 1.82) is 0 Å². The van der Waals surface area contributed by atoms with E-state index in [1.807, 2.05) is 17.8 Å². The third-order valence-corrected chi connectivity index (χ3v) is 5.19. The average molecular weight is 291 g/mol. The molecule has 3 nitrogen and oxygen atoms in total. The van der Waals surface area contributed by atoms with E-state index in [0.29, 0.717) is 12.1 Å². The number of nitrogens with one attached hydrogen (secondary N) is 1. The summed E-state index contributed by atoms with van der Waals surface area (Å²) in [6.07, 6.45) is 3.39. The van der Waals surface area contributed by atoms with Crippen LogP contribution in [0.3, 0.4) is 0 Å². The fraction of sp³-hybridized carbons (Fsp3) is 0.533. The predicted octanol–water partition coefficient (Wildman–Crippen LogP) is 2.76. The highest BCUT2D eigenvalue weighted by atomic mass is 32.2. The summed E-state index contributed by atoms with van der Waals surface area (Å²) in [5.41, 5.74) is 1.89. The maximum absolute atomic E-state index is 13.4. The number of hydrogen-bond donors (Lipinski definition) is 1. The number of imidazole rings is 1. The molecule has 0 radical (unpaired) electrons. The summed E-state index contributed by atoms with van der Waals surface area (Å²) in [5.74, 6) is 3.26. The Morgan fingerprint density at radius 2 is 2.30 bits per heavy atom. The largest absolute Gasteiger partial charge is 0.325 e. The minimum atomic E-state index is -0.198. The van der Waals surface area contributed by atoms with Gasteiger partial charge in [0.25, 0.3) is 0 Å². The third kappa shape index (κ3) is 2.33. The molecule has 1 aromatic carbocycles. The Balaban J connectivity index is 1.71. The van der Waals surface area contributed by atoms with Crippen LogP contribution in [-0.2, 0) is 6.42 Å². The number of fused-ring (bicyclic) bond motifs is 1. The lowest BCUT2D eigenvalue weighted by Gasteiger charge is -2.23. The van der Waals surface area contributed by atoms with Gasteiger partial charge in [0.05, 0.1) is 11.0 Å². The Morgan fingerprint density at radius 1 is 1.40 bits per heavy atom. The molecule has 106 valence electrons. The summed E-state index contributed by atoms with van der Waals surface area (Å²) in [6.45, 7) is 1.08. The first-order chi connectivity index (χ1) is 9.81. The van der Waals surface area contributed by atoms with Gasteiger partial charge in [-0.25, -0.2) is 9.37 Å². The summed E-state index contributed by atoms with van der Waals surface area (Å²) in [5, 5.41) is 3.56. The number of hydrogen-bond acceptors (Lipinski definition) is 3. The molecular formula is C15H18FN3S. The molecule has 1 aromatic heterocycles. The van der Waals surface area contributed by atoms with Gasteiger partial charge in [0.1, 0.15) is 11.6 Å². The Kier molecular flexibility index (Phi) is 3.19. The van der Waals surface area contributed by atoms with Gasteiger partial charge in [0.15, 0.2) is 0 Å². The van der Waals surface area contributed by atoms with Gasteiger partial charge in [-0.3, -0.25) is 0 Å². The summed E-state index contributed by atoms with van der Waals surface area (Å²) in [6, 6.07) is 6.05. The highest BCUT2D eigenvalue weighted by Crippen LogP contribution is 2.39. The van der Waals surface area contributed by atoms with E-state index in [0.717, 1.165) is 35.6 Å². The average Bonchev–Trinajstić information content (AvgIpc) is 3.22. The van der Waals surface area contributed by atoms with Crippen molar-refractivity contribution in [1.82, 2.24) is 14.9 Å². The van der Waals surface area contributed by atoms with E-state index < -0.39 is 0 Å². The number of halogens is 1. The second-order valence-electron chi connectivity index (χ2n) is 5.69. The number of rotatable bonds is 3. The number of benzene rings is 1. The molecule has 1 saturated carbocycles. The fourth-order valence-corrected chi connectivity index (χ4v) is 3.93. The van der Waals surface area contributed by atoms with Gasteiger partial charge in [0.2, 0.25) is 0 Å². The van der Waals surface area contributed by atoms with Gasteiger partial charge < -0.3 is 9.88 Å². The monoisotopic (exact) mass is 291 g/mol. The molecule has 0 amide bonds. The van der Waals surface area contributed by atoms with Crippen LogP contribution >= 0.6 is 11.8 Å². The Labute approximate surface area is 121 Å². The molecule has 2 fully saturated rings. The molecule has 1 saturated heterocycles. The lowest BCUT2D eigenvalue weighted by Crippen LogP contribution is -2.39. The van der Waals surface area contributed by atoms with Gasteiger partial charge in [-0.1, -0.05) is 0 Å². The molecular weight excluding hydrogens is 273 g/mol. The molecule has 20 heavy (non-hydrogen) atoms. The SMILES string of the molecule is Fc1ccc2c(c1)nc(CC1CSCCN1)n2C1CC1. The minimum Gasteiger partial charge on any atom is -0.325 e. The smallest absolute Gasteiger partial charge is 0.125 e. The molecule has 0 spiro atoms. The van der Waals surface area contributed by atoms with Crippen molar-refractivity contribution in [2.75, 3.05) is 18.1 Å². The zero-order chi connectivity index (χ0) is 13.5. The molecule has 1 unspecified atom stereocenters. The number of nitrogens with zero attached hydrogens (tertiary/aromatic N) is 2. The van der Waals surface area contributed by atoms with Crippen molar-refractivity contribution in [2.45, 2.75) is 31.3 Å². The summed E-state index contributed by atoms with van der Waals surface area (Å²) < 4.78 is 15.7. The van der Waals surface area contributed by atoms with Crippen molar-refractivity contribution < 1.29 is 4.39 Å². The van der Waals surface area contributed by atoms with Gasteiger partial charge in [-0.2, -0.15) is 11.8 Å². The van der Waals surface area contributed by atoms with Gasteiger partial charge in [-0.05, 0) is 25.0 Å². The van der Waals surface area contributed by atoms with Crippen LogP contribution in [0.25, 0.3) is 11.0 Å². The van der Waals surface area contributed by atoms with E-state index in [2.05, 4.69) is 9.88 Å². The van der Waals surface area contributed by atoms with E-state index >= 15 is 0 Å².